The van der Waals surface area contributed by atoms with Crippen LogP contribution in [-0.2, 0) is 6.42 Å². The Bertz CT molecular complexity index is 828. The Morgan fingerprint density at radius 3 is 2.64 bits per heavy atom. The Hall–Kier alpha value is -2.66. The highest BCUT2D eigenvalue weighted by Gasteiger charge is 2.08. The summed E-state index contributed by atoms with van der Waals surface area (Å²) in [6.07, 6.45) is 2.52. The van der Waals surface area contributed by atoms with Gasteiger partial charge in [-0.25, -0.2) is 0 Å². The summed E-state index contributed by atoms with van der Waals surface area (Å²) in [5.41, 5.74) is 4.23. The molecule has 0 aliphatic rings. The maximum absolute atomic E-state index is 6.32. The van der Waals surface area contributed by atoms with Crippen molar-refractivity contribution in [2.75, 3.05) is 17.2 Å². The minimum atomic E-state index is 0.415. The molecule has 25 heavy (non-hydrogen) atoms. The third-order valence-electron chi connectivity index (χ3n) is 3.79. The van der Waals surface area contributed by atoms with Gasteiger partial charge in [0.25, 0.3) is 0 Å². The van der Waals surface area contributed by atoms with Crippen molar-refractivity contribution in [1.82, 2.24) is 15.2 Å². The molecule has 2 aromatic carbocycles. The molecule has 6 heteroatoms. The SMILES string of the molecule is Cc1cc(C)c(Nc2nncc(NCCc3ccccc3)n2)c(Cl)c1. The molecule has 1 heterocycles. The van der Waals surface area contributed by atoms with Crippen LogP contribution in [-0.4, -0.2) is 21.7 Å². The van der Waals surface area contributed by atoms with E-state index in [0.29, 0.717) is 16.8 Å². The molecule has 0 saturated heterocycles. The predicted octanol–water partition coefficient (Wildman–Crippen LogP) is 4.54. The zero-order chi connectivity index (χ0) is 17.6. The lowest BCUT2D eigenvalue weighted by molar-refractivity contribution is 0.950. The first kappa shape index (κ1) is 17.2. The van der Waals surface area contributed by atoms with Crippen LogP contribution < -0.4 is 10.6 Å². The Balaban J connectivity index is 1.65. The molecule has 0 atom stereocenters. The van der Waals surface area contributed by atoms with Crippen molar-refractivity contribution < 1.29 is 0 Å². The number of anilines is 3. The Morgan fingerprint density at radius 1 is 1.08 bits per heavy atom. The fourth-order valence-corrected chi connectivity index (χ4v) is 2.98. The smallest absolute Gasteiger partial charge is 0.249 e. The lowest BCUT2D eigenvalue weighted by Gasteiger charge is -2.12. The van der Waals surface area contributed by atoms with Crippen molar-refractivity contribution in [3.8, 4) is 0 Å². The van der Waals surface area contributed by atoms with Crippen LogP contribution in [0.5, 0.6) is 0 Å². The van der Waals surface area contributed by atoms with Crippen LogP contribution in [0.15, 0.2) is 48.7 Å². The molecule has 0 spiro atoms. The second-order valence-electron chi connectivity index (χ2n) is 5.89. The number of rotatable bonds is 6. The second kappa shape index (κ2) is 7.94. The molecule has 128 valence electrons. The van der Waals surface area contributed by atoms with E-state index >= 15 is 0 Å². The Kier molecular flexibility index (Phi) is 5.46. The topological polar surface area (TPSA) is 62.7 Å². The molecule has 5 nitrogen and oxygen atoms in total. The monoisotopic (exact) mass is 353 g/mol. The highest BCUT2D eigenvalue weighted by atomic mass is 35.5. The number of aromatic nitrogens is 3. The fourth-order valence-electron chi connectivity index (χ4n) is 2.61. The fraction of sp³-hybridized carbons (Fsp3) is 0.211. The van der Waals surface area contributed by atoms with Crippen molar-refractivity contribution in [1.29, 1.82) is 0 Å². The summed E-state index contributed by atoms with van der Waals surface area (Å²) in [5, 5.41) is 15.1. The van der Waals surface area contributed by atoms with Gasteiger partial charge in [0.15, 0.2) is 5.82 Å². The maximum Gasteiger partial charge on any atom is 0.249 e. The number of hydrogen-bond acceptors (Lipinski definition) is 5. The molecular weight excluding hydrogens is 334 g/mol. The number of hydrogen-bond donors (Lipinski definition) is 2. The summed E-state index contributed by atoms with van der Waals surface area (Å²) in [4.78, 5) is 4.45. The van der Waals surface area contributed by atoms with E-state index in [0.717, 1.165) is 29.8 Å². The molecule has 0 aliphatic carbocycles. The van der Waals surface area contributed by atoms with Gasteiger partial charge in [0.1, 0.15) is 0 Å². The summed E-state index contributed by atoms with van der Waals surface area (Å²) in [6, 6.07) is 14.3. The summed E-state index contributed by atoms with van der Waals surface area (Å²) >= 11 is 6.32. The Labute approximate surface area is 152 Å². The molecule has 3 aromatic rings. The quantitative estimate of drug-likeness (QED) is 0.681. The van der Waals surface area contributed by atoms with Gasteiger partial charge in [-0.05, 0) is 43.0 Å². The highest BCUT2D eigenvalue weighted by Crippen LogP contribution is 2.29. The molecule has 0 aliphatic heterocycles. The van der Waals surface area contributed by atoms with E-state index in [9.17, 15) is 0 Å². The third-order valence-corrected chi connectivity index (χ3v) is 4.09. The maximum atomic E-state index is 6.32. The van der Waals surface area contributed by atoms with Gasteiger partial charge in [-0.1, -0.05) is 48.0 Å². The molecule has 2 N–H and O–H groups in total. The van der Waals surface area contributed by atoms with E-state index in [-0.39, 0.29) is 0 Å². The standard InChI is InChI=1S/C19H20ClN5/c1-13-10-14(2)18(16(20)11-13)24-19-23-17(12-22-25-19)21-9-8-15-6-4-3-5-7-15/h3-7,10-12H,8-9H2,1-2H3,(H2,21,23,24,25). The first-order valence-corrected chi connectivity index (χ1v) is 8.51. The zero-order valence-electron chi connectivity index (χ0n) is 14.3. The largest absolute Gasteiger partial charge is 0.368 e. The summed E-state index contributed by atoms with van der Waals surface area (Å²) in [7, 11) is 0. The van der Waals surface area contributed by atoms with Crippen LogP contribution in [0.4, 0.5) is 17.5 Å². The lowest BCUT2D eigenvalue weighted by Crippen LogP contribution is -2.09. The van der Waals surface area contributed by atoms with Gasteiger partial charge >= 0.3 is 0 Å². The van der Waals surface area contributed by atoms with Gasteiger partial charge in [0, 0.05) is 6.54 Å². The first-order valence-electron chi connectivity index (χ1n) is 8.13. The van der Waals surface area contributed by atoms with Crippen LogP contribution in [0, 0.1) is 13.8 Å². The van der Waals surface area contributed by atoms with Gasteiger partial charge in [0.2, 0.25) is 5.95 Å². The van der Waals surface area contributed by atoms with E-state index < -0.39 is 0 Å². The molecule has 3 rings (SSSR count). The minimum Gasteiger partial charge on any atom is -0.368 e. The lowest BCUT2D eigenvalue weighted by atomic mass is 10.1. The van der Waals surface area contributed by atoms with Crippen LogP contribution in [0.3, 0.4) is 0 Å². The minimum absolute atomic E-state index is 0.415. The number of nitrogens with one attached hydrogen (secondary N) is 2. The van der Waals surface area contributed by atoms with Crippen molar-refractivity contribution in [3.05, 3.63) is 70.4 Å². The highest BCUT2D eigenvalue weighted by molar-refractivity contribution is 6.33. The van der Waals surface area contributed by atoms with Gasteiger partial charge in [-0.2, -0.15) is 10.1 Å². The van der Waals surface area contributed by atoms with E-state index in [4.69, 9.17) is 11.6 Å². The number of halogens is 1. The third kappa shape index (κ3) is 4.67. The van der Waals surface area contributed by atoms with Crippen LogP contribution >= 0.6 is 11.6 Å². The zero-order valence-corrected chi connectivity index (χ0v) is 15.0. The van der Waals surface area contributed by atoms with Crippen LogP contribution in [0.25, 0.3) is 0 Å². The average Bonchev–Trinajstić information content (AvgIpc) is 2.59. The van der Waals surface area contributed by atoms with Gasteiger partial charge in [0.05, 0.1) is 16.9 Å². The van der Waals surface area contributed by atoms with E-state index in [1.54, 1.807) is 6.20 Å². The van der Waals surface area contributed by atoms with Crippen LogP contribution in [0.1, 0.15) is 16.7 Å². The summed E-state index contributed by atoms with van der Waals surface area (Å²) in [6.45, 7) is 4.78. The van der Waals surface area contributed by atoms with Gasteiger partial charge in [-0.3, -0.25) is 0 Å². The van der Waals surface area contributed by atoms with Crippen molar-refractivity contribution >= 4 is 29.1 Å². The van der Waals surface area contributed by atoms with E-state index in [1.165, 1.54) is 5.56 Å². The number of nitrogens with zero attached hydrogens (tertiary/aromatic N) is 3. The van der Waals surface area contributed by atoms with Crippen molar-refractivity contribution in [3.63, 3.8) is 0 Å². The average molecular weight is 354 g/mol. The summed E-state index contributed by atoms with van der Waals surface area (Å²) in [5.74, 6) is 1.09. The van der Waals surface area contributed by atoms with E-state index in [1.807, 2.05) is 38.1 Å². The van der Waals surface area contributed by atoms with Crippen molar-refractivity contribution in [2.24, 2.45) is 0 Å². The molecule has 1 aromatic heterocycles. The van der Waals surface area contributed by atoms with Gasteiger partial charge in [-0.15, -0.1) is 5.10 Å². The molecule has 0 fully saturated rings. The number of aryl methyl sites for hydroxylation is 2. The number of benzene rings is 2. The van der Waals surface area contributed by atoms with Crippen molar-refractivity contribution in [2.45, 2.75) is 20.3 Å². The van der Waals surface area contributed by atoms with Crippen LogP contribution in [0.2, 0.25) is 5.02 Å². The molecule has 0 radical (unpaired) electrons. The van der Waals surface area contributed by atoms with Gasteiger partial charge < -0.3 is 10.6 Å². The molecule has 0 unspecified atom stereocenters. The molecule has 0 bridgehead atoms. The molecule has 0 amide bonds. The normalized spacial score (nSPS) is 10.5. The first-order chi connectivity index (χ1) is 12.1. The van der Waals surface area contributed by atoms with E-state index in [2.05, 4.69) is 44.0 Å². The second-order valence-corrected chi connectivity index (χ2v) is 6.30. The predicted molar refractivity (Wildman–Crippen MR) is 103 cm³/mol. The molecular formula is C19H20ClN5. The Morgan fingerprint density at radius 2 is 1.88 bits per heavy atom. The summed E-state index contributed by atoms with van der Waals surface area (Å²) < 4.78 is 0. The molecule has 0 saturated carbocycles.